The van der Waals surface area contributed by atoms with Gasteiger partial charge in [0.15, 0.2) is 0 Å². The Balaban J connectivity index is 1.65. The second kappa shape index (κ2) is 6.76. The Morgan fingerprint density at radius 1 is 1.04 bits per heavy atom. The normalized spacial score (nSPS) is 11.3. The molecule has 0 saturated heterocycles. The van der Waals surface area contributed by atoms with Gasteiger partial charge in [0.1, 0.15) is 16.2 Å². The number of hydrogen-bond acceptors (Lipinski definition) is 4. The molecule has 130 valence electrons. The summed E-state index contributed by atoms with van der Waals surface area (Å²) < 4.78 is 31.1. The van der Waals surface area contributed by atoms with Gasteiger partial charge < -0.3 is 9.73 Å². The molecule has 4 aromatic rings. The van der Waals surface area contributed by atoms with Gasteiger partial charge in [-0.3, -0.25) is 4.79 Å². The fourth-order valence-electron chi connectivity index (χ4n) is 2.74. The molecule has 1 N–H and O–H groups in total. The molecule has 0 radical (unpaired) electrons. The van der Waals surface area contributed by atoms with Crippen molar-refractivity contribution in [2.45, 2.75) is 10.8 Å². The minimum atomic E-state index is -2.65. The second-order valence-corrected chi connectivity index (χ2v) is 6.48. The van der Waals surface area contributed by atoms with Crippen LogP contribution in [-0.4, -0.2) is 16.6 Å². The molecule has 2 aromatic heterocycles. The van der Waals surface area contributed by atoms with Crippen molar-refractivity contribution < 1.29 is 18.0 Å². The number of benzene rings is 2. The van der Waals surface area contributed by atoms with Gasteiger partial charge in [-0.05, 0) is 42.1 Å². The van der Waals surface area contributed by atoms with Gasteiger partial charge in [0.25, 0.3) is 11.7 Å². The molecule has 0 bridgehead atoms. The number of alkyl halides is 2. The Kier molecular flexibility index (Phi) is 4.30. The maximum atomic E-state index is 12.6. The third kappa shape index (κ3) is 3.13. The van der Waals surface area contributed by atoms with E-state index in [0.717, 1.165) is 16.4 Å². The number of rotatable bonds is 4. The van der Waals surface area contributed by atoms with Crippen LogP contribution in [0.2, 0.25) is 0 Å². The molecule has 0 aliphatic carbocycles. The summed E-state index contributed by atoms with van der Waals surface area (Å²) >= 11 is 0.246. The lowest BCUT2D eigenvalue weighted by atomic mass is 10.1. The molecule has 0 aliphatic rings. The highest BCUT2D eigenvalue weighted by atomic mass is 32.2. The van der Waals surface area contributed by atoms with Gasteiger partial charge in [-0.15, -0.1) is 0 Å². The number of para-hydroxylation sites is 1. The summed E-state index contributed by atoms with van der Waals surface area (Å²) in [5.41, 5.74) is 2.01. The molecule has 0 atom stereocenters. The SMILES string of the molecule is O=C(Nc1ccc2c(c1)oc1ccccc12)c1cccnc1SC(F)F. The molecule has 2 heterocycles. The zero-order valence-corrected chi connectivity index (χ0v) is 14.1. The van der Waals surface area contributed by atoms with Crippen LogP contribution in [0.1, 0.15) is 10.4 Å². The average Bonchev–Trinajstić information content (AvgIpc) is 2.99. The molecular weight excluding hydrogens is 358 g/mol. The van der Waals surface area contributed by atoms with Crippen molar-refractivity contribution >= 4 is 45.3 Å². The summed E-state index contributed by atoms with van der Waals surface area (Å²) in [4.78, 5) is 16.3. The minimum absolute atomic E-state index is 0.00943. The average molecular weight is 370 g/mol. The van der Waals surface area contributed by atoms with E-state index in [-0.39, 0.29) is 22.4 Å². The zero-order chi connectivity index (χ0) is 18.1. The van der Waals surface area contributed by atoms with E-state index in [9.17, 15) is 13.6 Å². The molecule has 0 spiro atoms. The maximum Gasteiger partial charge on any atom is 0.290 e. The molecule has 0 unspecified atom stereocenters. The molecule has 0 fully saturated rings. The largest absolute Gasteiger partial charge is 0.456 e. The first-order valence-electron chi connectivity index (χ1n) is 7.74. The van der Waals surface area contributed by atoms with E-state index in [4.69, 9.17) is 4.42 Å². The number of carbonyl (C=O) groups is 1. The van der Waals surface area contributed by atoms with Gasteiger partial charge in [0.05, 0.1) is 5.56 Å². The molecule has 0 aliphatic heterocycles. The Morgan fingerprint density at radius 2 is 1.85 bits per heavy atom. The summed E-state index contributed by atoms with van der Waals surface area (Å²) in [6, 6.07) is 16.0. The van der Waals surface area contributed by atoms with Crippen molar-refractivity contribution in [2.24, 2.45) is 0 Å². The summed E-state index contributed by atoms with van der Waals surface area (Å²) in [6.45, 7) is 0. The topological polar surface area (TPSA) is 55.1 Å². The van der Waals surface area contributed by atoms with Crippen LogP contribution in [0, 0.1) is 0 Å². The van der Waals surface area contributed by atoms with E-state index in [0.29, 0.717) is 11.3 Å². The van der Waals surface area contributed by atoms with Crippen LogP contribution in [0.5, 0.6) is 0 Å². The number of fused-ring (bicyclic) bond motifs is 3. The number of nitrogens with one attached hydrogen (secondary N) is 1. The lowest BCUT2D eigenvalue weighted by molar-refractivity contribution is 0.102. The number of thioether (sulfide) groups is 1. The highest BCUT2D eigenvalue weighted by molar-refractivity contribution is 7.99. The van der Waals surface area contributed by atoms with Crippen LogP contribution in [-0.2, 0) is 0 Å². The number of pyridine rings is 1. The standard InChI is InChI=1S/C19H12F2N2O2S/c20-19(21)26-18-14(5-3-9-22-18)17(24)23-11-7-8-13-12-4-1-2-6-15(12)25-16(13)10-11/h1-10,19H,(H,23,24). The third-order valence-corrected chi connectivity index (χ3v) is 4.58. The summed E-state index contributed by atoms with van der Waals surface area (Å²) in [7, 11) is 0. The predicted molar refractivity (Wildman–Crippen MR) is 97.8 cm³/mol. The van der Waals surface area contributed by atoms with Crippen molar-refractivity contribution in [3.63, 3.8) is 0 Å². The molecule has 0 saturated carbocycles. The number of halogens is 2. The second-order valence-electron chi connectivity index (χ2n) is 5.50. The van der Waals surface area contributed by atoms with Crippen molar-refractivity contribution in [3.05, 3.63) is 66.4 Å². The summed E-state index contributed by atoms with van der Waals surface area (Å²) in [5, 5.41) is 4.63. The molecule has 4 rings (SSSR count). The Hall–Kier alpha value is -2.93. The lowest BCUT2D eigenvalue weighted by Crippen LogP contribution is -2.13. The lowest BCUT2D eigenvalue weighted by Gasteiger charge is -2.08. The predicted octanol–water partition coefficient (Wildman–Crippen LogP) is 5.55. The summed E-state index contributed by atoms with van der Waals surface area (Å²) in [5.74, 6) is -3.15. The van der Waals surface area contributed by atoms with Crippen LogP contribution < -0.4 is 5.32 Å². The van der Waals surface area contributed by atoms with Crippen molar-refractivity contribution in [1.29, 1.82) is 0 Å². The molecule has 2 aromatic carbocycles. The van der Waals surface area contributed by atoms with Gasteiger partial charge in [-0.25, -0.2) is 4.98 Å². The number of carbonyl (C=O) groups excluding carboxylic acids is 1. The molecular formula is C19H12F2N2O2S. The van der Waals surface area contributed by atoms with Gasteiger partial charge in [0, 0.05) is 28.7 Å². The summed E-state index contributed by atoms with van der Waals surface area (Å²) in [6.07, 6.45) is 1.38. The fourth-order valence-corrected chi connectivity index (χ4v) is 3.32. The number of hydrogen-bond donors (Lipinski definition) is 1. The van der Waals surface area contributed by atoms with Crippen LogP contribution in [0.3, 0.4) is 0 Å². The van der Waals surface area contributed by atoms with E-state index in [1.807, 2.05) is 30.3 Å². The number of anilines is 1. The van der Waals surface area contributed by atoms with Gasteiger partial charge in [-0.2, -0.15) is 8.78 Å². The monoisotopic (exact) mass is 370 g/mol. The van der Waals surface area contributed by atoms with Crippen LogP contribution in [0.4, 0.5) is 14.5 Å². The highest BCUT2D eigenvalue weighted by Crippen LogP contribution is 2.31. The number of furan rings is 1. The zero-order valence-electron chi connectivity index (χ0n) is 13.3. The first kappa shape index (κ1) is 16.5. The van der Waals surface area contributed by atoms with Gasteiger partial charge in [-0.1, -0.05) is 18.2 Å². The number of amides is 1. The van der Waals surface area contributed by atoms with E-state index >= 15 is 0 Å². The fraction of sp³-hybridized carbons (Fsp3) is 0.0526. The smallest absolute Gasteiger partial charge is 0.290 e. The number of nitrogens with zero attached hydrogens (tertiary/aromatic N) is 1. The Bertz CT molecular complexity index is 1110. The van der Waals surface area contributed by atoms with Crippen molar-refractivity contribution in [2.75, 3.05) is 5.32 Å². The number of aromatic nitrogens is 1. The first-order valence-corrected chi connectivity index (χ1v) is 8.62. The Morgan fingerprint density at radius 3 is 2.69 bits per heavy atom. The van der Waals surface area contributed by atoms with Gasteiger partial charge >= 0.3 is 0 Å². The molecule has 7 heteroatoms. The van der Waals surface area contributed by atoms with Crippen LogP contribution >= 0.6 is 11.8 Å². The van der Waals surface area contributed by atoms with E-state index in [2.05, 4.69) is 10.3 Å². The molecule has 1 amide bonds. The first-order chi connectivity index (χ1) is 12.6. The van der Waals surface area contributed by atoms with Crippen LogP contribution in [0.15, 0.2) is 70.2 Å². The van der Waals surface area contributed by atoms with E-state index in [1.165, 1.54) is 18.3 Å². The van der Waals surface area contributed by atoms with E-state index < -0.39 is 11.7 Å². The van der Waals surface area contributed by atoms with Crippen LogP contribution in [0.25, 0.3) is 21.9 Å². The molecule has 26 heavy (non-hydrogen) atoms. The third-order valence-electron chi connectivity index (χ3n) is 3.85. The van der Waals surface area contributed by atoms with Crippen molar-refractivity contribution in [1.82, 2.24) is 4.98 Å². The molecule has 4 nitrogen and oxygen atoms in total. The Labute approximate surface area is 151 Å². The quantitative estimate of drug-likeness (QED) is 0.479. The maximum absolute atomic E-state index is 12.6. The van der Waals surface area contributed by atoms with E-state index in [1.54, 1.807) is 12.1 Å². The minimum Gasteiger partial charge on any atom is -0.456 e. The van der Waals surface area contributed by atoms with Gasteiger partial charge in [0.2, 0.25) is 0 Å². The van der Waals surface area contributed by atoms with Crippen molar-refractivity contribution in [3.8, 4) is 0 Å². The highest BCUT2D eigenvalue weighted by Gasteiger charge is 2.17.